The molecule has 0 saturated heterocycles. The second-order valence-electron chi connectivity index (χ2n) is 4.72. The lowest BCUT2D eigenvalue weighted by molar-refractivity contribution is 0.0952. The molecule has 1 aromatic carbocycles. The summed E-state index contributed by atoms with van der Waals surface area (Å²) in [6.07, 6.45) is 5.09. The summed E-state index contributed by atoms with van der Waals surface area (Å²) in [4.78, 5) is 16.2. The van der Waals surface area contributed by atoms with Gasteiger partial charge in [-0.1, -0.05) is 23.7 Å². The van der Waals surface area contributed by atoms with Gasteiger partial charge in [-0.05, 0) is 43.1 Å². The molecule has 0 aliphatic rings. The summed E-state index contributed by atoms with van der Waals surface area (Å²) in [6.45, 7) is 1.27. The molecule has 2 rings (SSSR count). The van der Waals surface area contributed by atoms with Crippen molar-refractivity contribution in [1.29, 1.82) is 0 Å². The Labute approximate surface area is 129 Å². The second-order valence-corrected chi connectivity index (χ2v) is 5.16. The van der Waals surface area contributed by atoms with Crippen molar-refractivity contribution in [3.05, 3.63) is 53.3 Å². The number of aromatic nitrogens is 1. The molecule has 2 aromatic rings. The van der Waals surface area contributed by atoms with E-state index >= 15 is 0 Å². The molecule has 5 heteroatoms. The van der Waals surface area contributed by atoms with Crippen LogP contribution < -0.4 is 11.1 Å². The first-order chi connectivity index (χ1) is 10.2. The van der Waals surface area contributed by atoms with Crippen LogP contribution in [0.2, 0.25) is 5.02 Å². The van der Waals surface area contributed by atoms with Gasteiger partial charge in [0.25, 0.3) is 5.91 Å². The molecule has 1 heterocycles. The molecule has 1 amide bonds. The van der Waals surface area contributed by atoms with E-state index in [4.69, 9.17) is 17.3 Å². The van der Waals surface area contributed by atoms with E-state index < -0.39 is 0 Å². The molecule has 0 fully saturated rings. The first kappa shape index (κ1) is 15.5. The summed E-state index contributed by atoms with van der Waals surface area (Å²) in [7, 11) is 0. The van der Waals surface area contributed by atoms with Crippen molar-refractivity contribution in [3.63, 3.8) is 0 Å². The van der Waals surface area contributed by atoms with E-state index in [1.54, 1.807) is 12.4 Å². The molecular weight excluding hydrogens is 286 g/mol. The summed E-state index contributed by atoms with van der Waals surface area (Å²) >= 11 is 5.88. The second kappa shape index (κ2) is 7.76. The molecule has 3 N–H and O–H groups in total. The van der Waals surface area contributed by atoms with Gasteiger partial charge >= 0.3 is 0 Å². The highest BCUT2D eigenvalue weighted by atomic mass is 35.5. The predicted octanol–water partition coefficient (Wildman–Crippen LogP) is 2.87. The van der Waals surface area contributed by atoms with Crippen LogP contribution in [0.3, 0.4) is 0 Å². The molecule has 0 radical (unpaired) electrons. The van der Waals surface area contributed by atoms with E-state index in [0.29, 0.717) is 23.7 Å². The number of amides is 1. The van der Waals surface area contributed by atoms with E-state index in [1.165, 1.54) is 0 Å². The number of halogens is 1. The molecule has 0 saturated carbocycles. The van der Waals surface area contributed by atoms with E-state index in [0.717, 1.165) is 24.0 Å². The van der Waals surface area contributed by atoms with Crippen molar-refractivity contribution in [3.8, 4) is 11.1 Å². The third-order valence-corrected chi connectivity index (χ3v) is 3.35. The minimum Gasteiger partial charge on any atom is -0.352 e. The summed E-state index contributed by atoms with van der Waals surface area (Å²) in [5, 5.41) is 3.55. The van der Waals surface area contributed by atoms with E-state index in [9.17, 15) is 4.79 Å². The summed E-state index contributed by atoms with van der Waals surface area (Å²) in [5.74, 6) is -0.115. The van der Waals surface area contributed by atoms with Crippen molar-refractivity contribution in [1.82, 2.24) is 10.3 Å². The van der Waals surface area contributed by atoms with E-state index in [-0.39, 0.29) is 5.91 Å². The minimum absolute atomic E-state index is 0.115. The van der Waals surface area contributed by atoms with Crippen LogP contribution in [0.25, 0.3) is 11.1 Å². The number of pyridine rings is 1. The van der Waals surface area contributed by atoms with Gasteiger partial charge in [-0.15, -0.1) is 0 Å². The maximum Gasteiger partial charge on any atom is 0.252 e. The van der Waals surface area contributed by atoms with Gasteiger partial charge in [0.15, 0.2) is 0 Å². The maximum absolute atomic E-state index is 12.0. The smallest absolute Gasteiger partial charge is 0.252 e. The van der Waals surface area contributed by atoms with Crippen molar-refractivity contribution in [2.75, 3.05) is 13.1 Å². The van der Waals surface area contributed by atoms with Crippen molar-refractivity contribution >= 4 is 17.5 Å². The molecule has 4 nitrogen and oxygen atoms in total. The standard InChI is InChI=1S/C16H18ClN3O/c17-15-5-3-12(4-6-15)13-9-14(11-19-10-13)16(21)20-8-2-1-7-18/h3-6,9-11H,1-2,7-8,18H2,(H,20,21). The Bertz CT molecular complexity index is 599. The Balaban J connectivity index is 2.06. The summed E-state index contributed by atoms with van der Waals surface area (Å²) in [5.41, 5.74) is 7.84. The first-order valence-corrected chi connectivity index (χ1v) is 7.28. The van der Waals surface area contributed by atoms with Crippen LogP contribution in [0.15, 0.2) is 42.7 Å². The van der Waals surface area contributed by atoms with Gasteiger partial charge in [-0.25, -0.2) is 0 Å². The van der Waals surface area contributed by atoms with Gasteiger partial charge in [0.05, 0.1) is 5.56 Å². The number of carbonyl (C=O) groups is 1. The zero-order chi connectivity index (χ0) is 15.1. The lowest BCUT2D eigenvalue weighted by atomic mass is 10.1. The Morgan fingerprint density at radius 3 is 2.62 bits per heavy atom. The molecule has 1 aromatic heterocycles. The average Bonchev–Trinajstić information content (AvgIpc) is 2.52. The summed E-state index contributed by atoms with van der Waals surface area (Å²) < 4.78 is 0. The van der Waals surface area contributed by atoms with Gasteiger partial charge < -0.3 is 11.1 Å². The van der Waals surface area contributed by atoms with Crippen LogP contribution in [0, 0.1) is 0 Å². The molecule has 21 heavy (non-hydrogen) atoms. The number of carbonyl (C=O) groups excluding carboxylic acids is 1. The van der Waals surface area contributed by atoms with Crippen molar-refractivity contribution in [2.24, 2.45) is 5.73 Å². The quantitative estimate of drug-likeness (QED) is 0.806. The van der Waals surface area contributed by atoms with Gasteiger partial charge in [0.2, 0.25) is 0 Å². The van der Waals surface area contributed by atoms with Crippen LogP contribution in [-0.2, 0) is 0 Å². The van der Waals surface area contributed by atoms with Crippen LogP contribution >= 0.6 is 11.6 Å². The van der Waals surface area contributed by atoms with Crippen LogP contribution in [-0.4, -0.2) is 24.0 Å². The lowest BCUT2D eigenvalue weighted by Crippen LogP contribution is -2.25. The van der Waals surface area contributed by atoms with E-state index in [2.05, 4.69) is 10.3 Å². The number of unbranched alkanes of at least 4 members (excludes halogenated alkanes) is 1. The number of nitrogens with two attached hydrogens (primary N) is 1. The fourth-order valence-electron chi connectivity index (χ4n) is 1.94. The molecule has 0 aliphatic carbocycles. The van der Waals surface area contributed by atoms with Crippen molar-refractivity contribution < 1.29 is 4.79 Å². The third-order valence-electron chi connectivity index (χ3n) is 3.09. The highest BCUT2D eigenvalue weighted by Crippen LogP contribution is 2.21. The Hall–Kier alpha value is -1.91. The Kier molecular flexibility index (Phi) is 5.72. The first-order valence-electron chi connectivity index (χ1n) is 6.90. The fraction of sp³-hybridized carbons (Fsp3) is 0.250. The zero-order valence-corrected chi connectivity index (χ0v) is 12.4. The zero-order valence-electron chi connectivity index (χ0n) is 11.7. The molecule has 0 spiro atoms. The number of rotatable bonds is 6. The minimum atomic E-state index is -0.115. The molecule has 110 valence electrons. The van der Waals surface area contributed by atoms with Gasteiger partial charge in [-0.2, -0.15) is 0 Å². The molecule has 0 unspecified atom stereocenters. The monoisotopic (exact) mass is 303 g/mol. The number of hydrogen-bond donors (Lipinski definition) is 2. The topological polar surface area (TPSA) is 68.0 Å². The van der Waals surface area contributed by atoms with Crippen LogP contribution in [0.4, 0.5) is 0 Å². The number of nitrogens with zero attached hydrogens (tertiary/aromatic N) is 1. The molecule has 0 atom stereocenters. The van der Waals surface area contributed by atoms with Crippen LogP contribution in [0.1, 0.15) is 23.2 Å². The molecule has 0 aliphatic heterocycles. The highest BCUT2D eigenvalue weighted by molar-refractivity contribution is 6.30. The van der Waals surface area contributed by atoms with Gasteiger partial charge in [-0.3, -0.25) is 9.78 Å². The molecular formula is C16H18ClN3O. The number of nitrogens with one attached hydrogen (secondary N) is 1. The summed E-state index contributed by atoms with van der Waals surface area (Å²) in [6, 6.07) is 9.27. The average molecular weight is 304 g/mol. The fourth-order valence-corrected chi connectivity index (χ4v) is 2.06. The van der Waals surface area contributed by atoms with Gasteiger partial charge in [0, 0.05) is 29.5 Å². The SMILES string of the molecule is NCCCCNC(=O)c1cncc(-c2ccc(Cl)cc2)c1. The Morgan fingerprint density at radius 2 is 1.90 bits per heavy atom. The lowest BCUT2D eigenvalue weighted by Gasteiger charge is -2.06. The third kappa shape index (κ3) is 4.55. The van der Waals surface area contributed by atoms with Crippen molar-refractivity contribution in [2.45, 2.75) is 12.8 Å². The number of benzene rings is 1. The van der Waals surface area contributed by atoms with E-state index in [1.807, 2.05) is 30.3 Å². The molecule has 0 bridgehead atoms. The Morgan fingerprint density at radius 1 is 1.14 bits per heavy atom. The highest BCUT2D eigenvalue weighted by Gasteiger charge is 2.07. The number of hydrogen-bond acceptors (Lipinski definition) is 3. The van der Waals surface area contributed by atoms with Gasteiger partial charge in [0.1, 0.15) is 0 Å². The van der Waals surface area contributed by atoms with Crippen LogP contribution in [0.5, 0.6) is 0 Å². The largest absolute Gasteiger partial charge is 0.352 e. The predicted molar refractivity (Wildman–Crippen MR) is 85.3 cm³/mol. The normalized spacial score (nSPS) is 10.4. The maximum atomic E-state index is 12.0.